The molecule has 0 rings (SSSR count). The van der Waals surface area contributed by atoms with Crippen molar-refractivity contribution < 1.29 is 28.6 Å². The SMILES string of the molecule is CC(N)=[N+](C)C.[I-]. The molecule has 0 aliphatic heterocycles. The topological polar surface area (TPSA) is 29.0 Å². The van der Waals surface area contributed by atoms with E-state index >= 15 is 0 Å². The zero-order chi connectivity index (χ0) is 5.15. The molecule has 44 valence electrons. The predicted molar refractivity (Wildman–Crippen MR) is 27.0 cm³/mol. The van der Waals surface area contributed by atoms with E-state index in [1.54, 1.807) is 0 Å². The highest BCUT2D eigenvalue weighted by Gasteiger charge is 1.81. The molecular formula is C4H11IN2. The molecule has 0 radical (unpaired) electrons. The van der Waals surface area contributed by atoms with Crippen LogP contribution in [0.5, 0.6) is 0 Å². The maximum Gasteiger partial charge on any atom is 0.238 e. The van der Waals surface area contributed by atoms with E-state index in [9.17, 15) is 0 Å². The lowest BCUT2D eigenvalue weighted by Gasteiger charge is -1.85. The fraction of sp³-hybridized carbons (Fsp3) is 0.750. The number of rotatable bonds is 0. The third-order valence-corrected chi connectivity index (χ3v) is 0.705. The zero-order valence-corrected chi connectivity index (χ0v) is 7.06. The average molecular weight is 214 g/mol. The van der Waals surface area contributed by atoms with Crippen LogP contribution in [0.4, 0.5) is 0 Å². The Morgan fingerprint density at radius 3 is 1.57 bits per heavy atom. The first-order valence-electron chi connectivity index (χ1n) is 1.91. The Morgan fingerprint density at radius 2 is 1.57 bits per heavy atom. The summed E-state index contributed by atoms with van der Waals surface area (Å²) in [5.74, 6) is 0.843. The van der Waals surface area contributed by atoms with Crippen molar-refractivity contribution in [3.05, 3.63) is 0 Å². The summed E-state index contributed by atoms with van der Waals surface area (Å²) in [4.78, 5) is 0. The molecule has 0 aromatic carbocycles. The summed E-state index contributed by atoms with van der Waals surface area (Å²) >= 11 is 0. The molecule has 2 N–H and O–H groups in total. The van der Waals surface area contributed by atoms with Gasteiger partial charge in [0, 0.05) is 6.92 Å². The molecule has 0 saturated carbocycles. The second kappa shape index (κ2) is 4.36. The van der Waals surface area contributed by atoms with Gasteiger partial charge in [-0.2, -0.15) is 0 Å². The number of hydrogen-bond acceptors (Lipinski definition) is 0. The molecule has 7 heavy (non-hydrogen) atoms. The lowest BCUT2D eigenvalue weighted by Crippen LogP contribution is -3.00. The van der Waals surface area contributed by atoms with Gasteiger partial charge in [0.05, 0.1) is 14.1 Å². The van der Waals surface area contributed by atoms with Crippen molar-refractivity contribution in [2.45, 2.75) is 6.92 Å². The minimum atomic E-state index is 0. The third-order valence-electron chi connectivity index (χ3n) is 0.705. The predicted octanol–water partition coefficient (Wildman–Crippen LogP) is -3.36. The number of halogens is 1. The van der Waals surface area contributed by atoms with E-state index in [4.69, 9.17) is 5.73 Å². The Morgan fingerprint density at radius 1 is 1.43 bits per heavy atom. The standard InChI is InChI=1S/C4H10N2.HI/c1-4(5)6(2)3;/h5H,1-3H3;1H. The Balaban J connectivity index is 0. The molecule has 0 amide bonds. The molecule has 0 aliphatic carbocycles. The van der Waals surface area contributed by atoms with Gasteiger partial charge < -0.3 is 24.0 Å². The lowest BCUT2D eigenvalue weighted by molar-refractivity contribution is -0.465. The zero-order valence-electron chi connectivity index (χ0n) is 4.90. The smallest absolute Gasteiger partial charge is 0.238 e. The highest BCUT2D eigenvalue weighted by molar-refractivity contribution is 5.71. The largest absolute Gasteiger partial charge is 1.00 e. The molecule has 0 heterocycles. The van der Waals surface area contributed by atoms with E-state index in [-0.39, 0.29) is 24.0 Å². The monoisotopic (exact) mass is 214 g/mol. The Labute approximate surface area is 61.4 Å². The molecule has 0 unspecified atom stereocenters. The van der Waals surface area contributed by atoms with Crippen LogP contribution in [-0.4, -0.2) is 24.5 Å². The first-order chi connectivity index (χ1) is 2.64. The van der Waals surface area contributed by atoms with Gasteiger partial charge in [0.15, 0.2) is 0 Å². The van der Waals surface area contributed by atoms with Crippen LogP contribution in [-0.2, 0) is 0 Å². The van der Waals surface area contributed by atoms with Crippen molar-refractivity contribution in [1.29, 1.82) is 0 Å². The van der Waals surface area contributed by atoms with Crippen LogP contribution in [0.2, 0.25) is 0 Å². The van der Waals surface area contributed by atoms with Crippen LogP contribution in [0.15, 0.2) is 0 Å². The van der Waals surface area contributed by atoms with Crippen molar-refractivity contribution in [3.8, 4) is 0 Å². The molecule has 3 heteroatoms. The van der Waals surface area contributed by atoms with Gasteiger partial charge in [-0.05, 0) is 0 Å². The van der Waals surface area contributed by atoms with Gasteiger partial charge in [-0.1, -0.05) is 0 Å². The van der Waals surface area contributed by atoms with Crippen LogP contribution in [0.1, 0.15) is 6.92 Å². The van der Waals surface area contributed by atoms with Crippen molar-refractivity contribution >= 4 is 5.84 Å². The fourth-order valence-corrected chi connectivity index (χ4v) is 0. The molecule has 0 aliphatic rings. The maximum atomic E-state index is 5.28. The van der Waals surface area contributed by atoms with Crippen molar-refractivity contribution in [2.75, 3.05) is 14.1 Å². The quantitative estimate of drug-likeness (QED) is 0.194. The lowest BCUT2D eigenvalue weighted by atomic mass is 10.7. The normalized spacial score (nSPS) is 6.71. The van der Waals surface area contributed by atoms with Gasteiger partial charge in [0.1, 0.15) is 0 Å². The van der Waals surface area contributed by atoms with Gasteiger partial charge in [-0.25, -0.2) is 0 Å². The summed E-state index contributed by atoms with van der Waals surface area (Å²) in [6, 6.07) is 0. The second-order valence-electron chi connectivity index (χ2n) is 1.54. The molecule has 0 saturated heterocycles. The number of nitrogens with two attached hydrogens (primary N) is 1. The third kappa shape index (κ3) is 6.20. The van der Waals surface area contributed by atoms with Gasteiger partial charge >= 0.3 is 0 Å². The van der Waals surface area contributed by atoms with Crippen molar-refractivity contribution in [2.24, 2.45) is 5.73 Å². The van der Waals surface area contributed by atoms with E-state index in [2.05, 4.69) is 0 Å². The van der Waals surface area contributed by atoms with Gasteiger partial charge in [0.25, 0.3) is 0 Å². The highest BCUT2D eigenvalue weighted by atomic mass is 127. The van der Waals surface area contributed by atoms with Gasteiger partial charge in [-0.3, -0.25) is 10.3 Å². The first-order valence-corrected chi connectivity index (χ1v) is 1.91. The molecule has 0 spiro atoms. The summed E-state index contributed by atoms with van der Waals surface area (Å²) in [5, 5.41) is 0. The van der Waals surface area contributed by atoms with E-state index in [0.29, 0.717) is 0 Å². The fourth-order valence-electron chi connectivity index (χ4n) is 0. The summed E-state index contributed by atoms with van der Waals surface area (Å²) in [5.41, 5.74) is 5.28. The second-order valence-corrected chi connectivity index (χ2v) is 1.54. The highest BCUT2D eigenvalue weighted by Crippen LogP contribution is 1.53. The Bertz CT molecular complexity index is 59.8. The molecule has 0 aromatic heterocycles. The summed E-state index contributed by atoms with van der Waals surface area (Å²) in [7, 11) is 3.82. The molecule has 0 atom stereocenters. The molecule has 0 aromatic rings. The maximum absolute atomic E-state index is 5.28. The number of amidine groups is 1. The van der Waals surface area contributed by atoms with Crippen LogP contribution in [0, 0.1) is 0 Å². The summed E-state index contributed by atoms with van der Waals surface area (Å²) in [6.45, 7) is 1.86. The first kappa shape index (κ1) is 10.2. The molecule has 0 bridgehead atoms. The van der Waals surface area contributed by atoms with Crippen LogP contribution >= 0.6 is 0 Å². The minimum absolute atomic E-state index is 0. The van der Waals surface area contributed by atoms with Crippen LogP contribution in [0.3, 0.4) is 0 Å². The average Bonchev–Trinajstić information content (AvgIpc) is 1.36. The molecular weight excluding hydrogens is 203 g/mol. The van der Waals surface area contributed by atoms with Crippen LogP contribution in [0.25, 0.3) is 0 Å². The van der Waals surface area contributed by atoms with E-state index in [1.165, 1.54) is 0 Å². The van der Waals surface area contributed by atoms with Gasteiger partial charge in [0.2, 0.25) is 5.84 Å². The van der Waals surface area contributed by atoms with Crippen LogP contribution < -0.4 is 29.7 Å². The van der Waals surface area contributed by atoms with Crippen molar-refractivity contribution in [1.82, 2.24) is 0 Å². The van der Waals surface area contributed by atoms with E-state index < -0.39 is 0 Å². The van der Waals surface area contributed by atoms with Crippen molar-refractivity contribution in [3.63, 3.8) is 0 Å². The minimum Gasteiger partial charge on any atom is -1.00 e. The van der Waals surface area contributed by atoms with Gasteiger partial charge in [-0.15, -0.1) is 0 Å². The number of hydrogen-bond donors (Lipinski definition) is 1. The molecule has 0 fully saturated rings. The Hall–Kier alpha value is 0.200. The molecule has 2 nitrogen and oxygen atoms in total. The summed E-state index contributed by atoms with van der Waals surface area (Å²) < 4.78 is 1.86. The Kier molecular flexibility index (Phi) is 6.38. The summed E-state index contributed by atoms with van der Waals surface area (Å²) in [6.07, 6.45) is 0. The number of nitrogens with zero attached hydrogens (tertiary/aromatic N) is 1. The van der Waals surface area contributed by atoms with E-state index in [1.807, 2.05) is 25.6 Å². The van der Waals surface area contributed by atoms with E-state index in [0.717, 1.165) is 5.84 Å².